The minimum atomic E-state index is -0.251. The van der Waals surface area contributed by atoms with Gasteiger partial charge < -0.3 is 10.6 Å². The second kappa shape index (κ2) is 10.4. The third kappa shape index (κ3) is 7.43. The van der Waals surface area contributed by atoms with Gasteiger partial charge in [-0.05, 0) is 54.8 Å². The zero-order chi connectivity index (χ0) is 18.1. The predicted molar refractivity (Wildman–Crippen MR) is 101 cm³/mol. The molecular weight excluding hydrogens is 362 g/mol. The van der Waals surface area contributed by atoms with Crippen LogP contribution in [0.1, 0.15) is 17.5 Å². The van der Waals surface area contributed by atoms with Gasteiger partial charge in [-0.15, -0.1) is 0 Å². The Kier molecular flexibility index (Phi) is 8.19. The fraction of sp³-hybridized carbons (Fsp3) is 0.316. The average Bonchev–Trinajstić information content (AvgIpc) is 2.58. The summed E-state index contributed by atoms with van der Waals surface area (Å²) in [6, 6.07) is 11.8. The molecule has 134 valence electrons. The second-order valence-electron chi connectivity index (χ2n) is 5.71. The van der Waals surface area contributed by atoms with Crippen molar-refractivity contribution in [2.24, 2.45) is 0 Å². The third-order valence-corrected chi connectivity index (χ3v) is 4.35. The lowest BCUT2D eigenvalue weighted by Gasteiger charge is -2.08. The zero-order valence-corrected chi connectivity index (χ0v) is 15.3. The van der Waals surface area contributed by atoms with Crippen molar-refractivity contribution >= 4 is 29.1 Å². The lowest BCUT2D eigenvalue weighted by Crippen LogP contribution is -2.29. The maximum absolute atomic E-state index is 12.8. The van der Waals surface area contributed by atoms with E-state index in [4.69, 9.17) is 23.2 Å². The number of benzene rings is 2. The Morgan fingerprint density at radius 1 is 0.960 bits per heavy atom. The topological polar surface area (TPSA) is 41.1 Å². The highest BCUT2D eigenvalue weighted by Gasteiger charge is 2.03. The second-order valence-corrected chi connectivity index (χ2v) is 6.56. The Balaban J connectivity index is 1.55. The lowest BCUT2D eigenvalue weighted by molar-refractivity contribution is -0.120. The molecule has 0 spiro atoms. The molecule has 2 aromatic carbocycles. The first kappa shape index (κ1) is 19.7. The van der Waals surface area contributed by atoms with E-state index in [0.717, 1.165) is 24.1 Å². The van der Waals surface area contributed by atoms with Crippen molar-refractivity contribution < 1.29 is 9.18 Å². The number of hydrogen-bond acceptors (Lipinski definition) is 2. The Labute approximate surface area is 157 Å². The first-order valence-electron chi connectivity index (χ1n) is 8.20. The molecule has 2 rings (SSSR count). The molecule has 0 saturated carbocycles. The van der Waals surface area contributed by atoms with Gasteiger partial charge in [0.25, 0.3) is 0 Å². The summed E-state index contributed by atoms with van der Waals surface area (Å²) < 4.78 is 12.8. The fourth-order valence-electron chi connectivity index (χ4n) is 2.36. The van der Waals surface area contributed by atoms with Crippen LogP contribution in [0.4, 0.5) is 4.39 Å². The molecule has 6 heteroatoms. The number of hydrogen-bond donors (Lipinski definition) is 2. The number of nitrogens with one attached hydrogen (secondary N) is 2. The molecule has 0 heterocycles. The van der Waals surface area contributed by atoms with E-state index < -0.39 is 0 Å². The molecule has 0 fully saturated rings. The molecule has 0 aliphatic carbocycles. The zero-order valence-electron chi connectivity index (χ0n) is 13.8. The van der Waals surface area contributed by atoms with E-state index in [1.807, 2.05) is 12.1 Å². The van der Waals surface area contributed by atoms with Crippen LogP contribution in [-0.4, -0.2) is 25.5 Å². The van der Waals surface area contributed by atoms with E-state index in [1.165, 1.54) is 12.1 Å². The molecule has 0 bridgehead atoms. The molecule has 2 aromatic rings. The highest BCUT2D eigenvalue weighted by molar-refractivity contribution is 6.35. The smallest absolute Gasteiger partial charge is 0.221 e. The molecule has 0 atom stereocenters. The molecule has 0 unspecified atom stereocenters. The molecule has 0 aliphatic rings. The van der Waals surface area contributed by atoms with Crippen LogP contribution in [0.5, 0.6) is 0 Å². The highest BCUT2D eigenvalue weighted by Crippen LogP contribution is 2.20. The Hall–Kier alpha value is -1.62. The van der Waals surface area contributed by atoms with Crippen molar-refractivity contribution in [2.45, 2.75) is 19.3 Å². The van der Waals surface area contributed by atoms with Crippen LogP contribution in [0.3, 0.4) is 0 Å². The van der Waals surface area contributed by atoms with Gasteiger partial charge in [-0.25, -0.2) is 4.39 Å². The molecule has 0 aliphatic heterocycles. The molecule has 1 amide bonds. The summed E-state index contributed by atoms with van der Waals surface area (Å²) in [7, 11) is 0. The van der Waals surface area contributed by atoms with Crippen LogP contribution in [0.25, 0.3) is 0 Å². The minimum absolute atomic E-state index is 0.000799. The molecule has 3 nitrogen and oxygen atoms in total. The normalized spacial score (nSPS) is 10.7. The molecule has 25 heavy (non-hydrogen) atoms. The van der Waals surface area contributed by atoms with E-state index >= 15 is 0 Å². The maximum Gasteiger partial charge on any atom is 0.221 e. The van der Waals surface area contributed by atoms with E-state index in [9.17, 15) is 9.18 Å². The first-order valence-corrected chi connectivity index (χ1v) is 8.96. The quantitative estimate of drug-likeness (QED) is 0.643. The van der Waals surface area contributed by atoms with Crippen molar-refractivity contribution in [3.05, 3.63) is 69.5 Å². The fourth-order valence-corrected chi connectivity index (χ4v) is 2.86. The number of amides is 1. The van der Waals surface area contributed by atoms with Crippen molar-refractivity contribution in [1.29, 1.82) is 0 Å². The van der Waals surface area contributed by atoms with Crippen LogP contribution in [0.15, 0.2) is 42.5 Å². The van der Waals surface area contributed by atoms with Crippen molar-refractivity contribution in [2.75, 3.05) is 19.6 Å². The minimum Gasteiger partial charge on any atom is -0.356 e. The van der Waals surface area contributed by atoms with Gasteiger partial charge in [-0.3, -0.25) is 4.79 Å². The summed E-state index contributed by atoms with van der Waals surface area (Å²) in [5.74, 6) is -0.252. The maximum atomic E-state index is 12.8. The summed E-state index contributed by atoms with van der Waals surface area (Å²) in [4.78, 5) is 11.8. The van der Waals surface area contributed by atoms with Crippen molar-refractivity contribution in [3.8, 4) is 0 Å². The first-order chi connectivity index (χ1) is 12.0. The standard InChI is InChI=1S/C19H21Cl2FN2O/c20-16-4-3-15(18(21)13-16)8-10-23-11-9-19(25)24-12-7-14-1-5-17(22)6-2-14/h1-6,13,23H,7-12H2,(H,24,25). The molecule has 0 aromatic heterocycles. The van der Waals surface area contributed by atoms with Crippen molar-refractivity contribution in [1.82, 2.24) is 10.6 Å². The van der Waals surface area contributed by atoms with E-state index in [2.05, 4.69) is 10.6 Å². The van der Waals surface area contributed by atoms with Gasteiger partial charge >= 0.3 is 0 Å². The van der Waals surface area contributed by atoms with E-state index in [0.29, 0.717) is 36.0 Å². The van der Waals surface area contributed by atoms with Gasteiger partial charge in [0.15, 0.2) is 0 Å². The largest absolute Gasteiger partial charge is 0.356 e. The number of rotatable bonds is 9. The number of carbonyl (C=O) groups excluding carboxylic acids is 1. The van der Waals surface area contributed by atoms with E-state index in [-0.39, 0.29) is 11.7 Å². The number of carbonyl (C=O) groups is 1. The van der Waals surface area contributed by atoms with Gasteiger partial charge in [-0.2, -0.15) is 0 Å². The summed E-state index contributed by atoms with van der Waals surface area (Å²) >= 11 is 12.0. The summed E-state index contributed by atoms with van der Waals surface area (Å²) in [5, 5.41) is 7.37. The SMILES string of the molecule is O=C(CCNCCc1ccc(Cl)cc1Cl)NCCc1ccc(F)cc1. The summed E-state index contributed by atoms with van der Waals surface area (Å²) in [6.07, 6.45) is 1.88. The van der Waals surface area contributed by atoms with Crippen LogP contribution in [-0.2, 0) is 17.6 Å². The highest BCUT2D eigenvalue weighted by atomic mass is 35.5. The van der Waals surface area contributed by atoms with Crippen LogP contribution in [0.2, 0.25) is 10.0 Å². The third-order valence-electron chi connectivity index (χ3n) is 3.76. The van der Waals surface area contributed by atoms with Crippen LogP contribution >= 0.6 is 23.2 Å². The Morgan fingerprint density at radius 2 is 1.72 bits per heavy atom. The van der Waals surface area contributed by atoms with Gasteiger partial charge in [-0.1, -0.05) is 41.4 Å². The Bertz CT molecular complexity index is 692. The molecular formula is C19H21Cl2FN2O. The summed E-state index contributed by atoms with van der Waals surface area (Å²) in [5.41, 5.74) is 2.03. The van der Waals surface area contributed by atoms with Gasteiger partial charge in [0.1, 0.15) is 5.82 Å². The summed E-state index contributed by atoms with van der Waals surface area (Å²) in [6.45, 7) is 1.89. The van der Waals surface area contributed by atoms with Crippen molar-refractivity contribution in [3.63, 3.8) is 0 Å². The van der Waals surface area contributed by atoms with E-state index in [1.54, 1.807) is 18.2 Å². The van der Waals surface area contributed by atoms with Crippen LogP contribution in [0, 0.1) is 5.82 Å². The average molecular weight is 383 g/mol. The van der Waals surface area contributed by atoms with Gasteiger partial charge in [0.2, 0.25) is 5.91 Å². The Morgan fingerprint density at radius 3 is 2.44 bits per heavy atom. The lowest BCUT2D eigenvalue weighted by atomic mass is 10.1. The van der Waals surface area contributed by atoms with Crippen LogP contribution < -0.4 is 10.6 Å². The molecule has 0 radical (unpaired) electrons. The monoisotopic (exact) mass is 382 g/mol. The predicted octanol–water partition coefficient (Wildman–Crippen LogP) is 4.01. The number of halogens is 3. The van der Waals surface area contributed by atoms with Gasteiger partial charge in [0, 0.05) is 29.6 Å². The van der Waals surface area contributed by atoms with Gasteiger partial charge in [0.05, 0.1) is 0 Å². The molecule has 2 N–H and O–H groups in total. The molecule has 0 saturated heterocycles.